The molecule has 10 heavy (non-hydrogen) atoms. The van der Waals surface area contributed by atoms with E-state index in [0.29, 0.717) is 12.6 Å². The predicted octanol–water partition coefficient (Wildman–Crippen LogP) is -0.252. The number of likely N-dealkylation sites (N-methyl/N-ethyl adjacent to an activating group) is 1. The van der Waals surface area contributed by atoms with Gasteiger partial charge in [-0.2, -0.15) is 0 Å². The van der Waals surface area contributed by atoms with Crippen molar-refractivity contribution in [1.82, 2.24) is 4.90 Å². The van der Waals surface area contributed by atoms with Crippen molar-refractivity contribution >= 4 is 0 Å². The minimum Gasteiger partial charge on any atom is -0.377 e. The SMILES string of the molecule is CN(C(O)CN)C1CCC1. The van der Waals surface area contributed by atoms with Gasteiger partial charge in [-0.25, -0.2) is 0 Å². The molecule has 0 saturated heterocycles. The van der Waals surface area contributed by atoms with E-state index in [1.54, 1.807) is 0 Å². The highest BCUT2D eigenvalue weighted by Crippen LogP contribution is 2.24. The summed E-state index contributed by atoms with van der Waals surface area (Å²) in [5.41, 5.74) is 5.30. The highest BCUT2D eigenvalue weighted by atomic mass is 16.3. The third-order valence-electron chi connectivity index (χ3n) is 2.33. The van der Waals surface area contributed by atoms with Crippen LogP contribution < -0.4 is 5.73 Å². The monoisotopic (exact) mass is 144 g/mol. The van der Waals surface area contributed by atoms with Gasteiger partial charge in [0, 0.05) is 12.6 Å². The Balaban J connectivity index is 2.24. The van der Waals surface area contributed by atoms with Crippen LogP contribution in [0, 0.1) is 0 Å². The van der Waals surface area contributed by atoms with E-state index >= 15 is 0 Å². The van der Waals surface area contributed by atoms with Gasteiger partial charge < -0.3 is 10.8 Å². The van der Waals surface area contributed by atoms with Crippen LogP contribution in [0.15, 0.2) is 0 Å². The summed E-state index contributed by atoms with van der Waals surface area (Å²) >= 11 is 0. The number of hydrogen-bond acceptors (Lipinski definition) is 3. The third-order valence-corrected chi connectivity index (χ3v) is 2.33. The van der Waals surface area contributed by atoms with Gasteiger partial charge in [0.05, 0.1) is 0 Å². The molecular formula is C7H16N2O. The Hall–Kier alpha value is -0.120. The van der Waals surface area contributed by atoms with E-state index in [1.807, 2.05) is 11.9 Å². The van der Waals surface area contributed by atoms with Gasteiger partial charge >= 0.3 is 0 Å². The van der Waals surface area contributed by atoms with Gasteiger partial charge in [-0.3, -0.25) is 4.90 Å². The maximum atomic E-state index is 9.26. The molecule has 0 amide bonds. The van der Waals surface area contributed by atoms with Crippen molar-refractivity contribution in [3.8, 4) is 0 Å². The molecule has 0 aromatic carbocycles. The Morgan fingerprint density at radius 1 is 1.70 bits per heavy atom. The number of aliphatic hydroxyl groups is 1. The largest absolute Gasteiger partial charge is 0.377 e. The zero-order chi connectivity index (χ0) is 7.56. The minimum absolute atomic E-state index is 0.340. The second-order valence-electron chi connectivity index (χ2n) is 2.97. The zero-order valence-electron chi connectivity index (χ0n) is 6.45. The summed E-state index contributed by atoms with van der Waals surface area (Å²) in [5, 5.41) is 9.26. The molecule has 1 saturated carbocycles. The molecule has 1 aliphatic carbocycles. The number of nitrogens with two attached hydrogens (primary N) is 1. The first-order valence-corrected chi connectivity index (χ1v) is 3.85. The van der Waals surface area contributed by atoms with Crippen LogP contribution in [0.25, 0.3) is 0 Å². The van der Waals surface area contributed by atoms with Crippen molar-refractivity contribution < 1.29 is 5.11 Å². The quantitative estimate of drug-likeness (QED) is 0.537. The van der Waals surface area contributed by atoms with E-state index < -0.39 is 6.23 Å². The zero-order valence-corrected chi connectivity index (χ0v) is 6.45. The topological polar surface area (TPSA) is 49.5 Å². The smallest absolute Gasteiger partial charge is 0.119 e. The van der Waals surface area contributed by atoms with E-state index in [-0.39, 0.29) is 0 Å². The lowest BCUT2D eigenvalue weighted by molar-refractivity contribution is -0.0208. The van der Waals surface area contributed by atoms with E-state index in [1.165, 1.54) is 19.3 Å². The molecule has 0 aromatic heterocycles. The first kappa shape index (κ1) is 7.98. The Kier molecular flexibility index (Phi) is 2.65. The fourth-order valence-electron chi connectivity index (χ4n) is 1.20. The summed E-state index contributed by atoms with van der Waals surface area (Å²) in [4.78, 5) is 1.96. The van der Waals surface area contributed by atoms with Gasteiger partial charge in [0.25, 0.3) is 0 Å². The average Bonchev–Trinajstić information content (AvgIpc) is 1.82. The van der Waals surface area contributed by atoms with E-state index in [2.05, 4.69) is 0 Å². The summed E-state index contributed by atoms with van der Waals surface area (Å²) in [6.45, 7) is 0.340. The number of hydrogen-bond donors (Lipinski definition) is 2. The summed E-state index contributed by atoms with van der Waals surface area (Å²) in [6.07, 6.45) is 3.29. The lowest BCUT2D eigenvalue weighted by Crippen LogP contribution is -2.47. The van der Waals surface area contributed by atoms with Gasteiger partial charge in [0.2, 0.25) is 0 Å². The molecule has 3 nitrogen and oxygen atoms in total. The maximum absolute atomic E-state index is 9.26. The van der Waals surface area contributed by atoms with Crippen molar-refractivity contribution in [1.29, 1.82) is 0 Å². The molecule has 1 atom stereocenters. The first-order chi connectivity index (χ1) is 4.75. The maximum Gasteiger partial charge on any atom is 0.119 e. The summed E-state index contributed by atoms with van der Waals surface area (Å²) < 4.78 is 0. The Morgan fingerprint density at radius 2 is 2.30 bits per heavy atom. The van der Waals surface area contributed by atoms with Gasteiger partial charge in [-0.15, -0.1) is 0 Å². The van der Waals surface area contributed by atoms with Crippen LogP contribution in [-0.2, 0) is 0 Å². The van der Waals surface area contributed by atoms with Crippen LogP contribution in [-0.4, -0.2) is 35.9 Å². The van der Waals surface area contributed by atoms with Gasteiger partial charge in [-0.05, 0) is 19.9 Å². The molecule has 3 N–H and O–H groups in total. The Labute approximate surface area is 61.8 Å². The molecule has 3 heteroatoms. The van der Waals surface area contributed by atoms with E-state index in [0.717, 1.165) is 0 Å². The molecule has 0 bridgehead atoms. The molecule has 0 aliphatic heterocycles. The number of nitrogens with zero attached hydrogens (tertiary/aromatic N) is 1. The van der Waals surface area contributed by atoms with Crippen LogP contribution in [0.1, 0.15) is 19.3 Å². The van der Waals surface area contributed by atoms with Gasteiger partial charge in [-0.1, -0.05) is 6.42 Å². The molecule has 0 radical (unpaired) electrons. The Morgan fingerprint density at radius 3 is 2.60 bits per heavy atom. The molecule has 0 heterocycles. The highest BCUT2D eigenvalue weighted by Gasteiger charge is 2.25. The van der Waals surface area contributed by atoms with Crippen LogP contribution in [0.4, 0.5) is 0 Å². The molecule has 1 unspecified atom stereocenters. The number of rotatable bonds is 3. The molecule has 0 spiro atoms. The first-order valence-electron chi connectivity index (χ1n) is 3.85. The third kappa shape index (κ3) is 1.48. The lowest BCUT2D eigenvalue weighted by Gasteiger charge is -2.37. The molecule has 1 rings (SSSR count). The van der Waals surface area contributed by atoms with Crippen molar-refractivity contribution in [3.05, 3.63) is 0 Å². The molecule has 60 valence electrons. The highest BCUT2D eigenvalue weighted by molar-refractivity contribution is 4.79. The molecule has 1 fully saturated rings. The van der Waals surface area contributed by atoms with Crippen molar-refractivity contribution in [2.45, 2.75) is 31.5 Å². The molecule has 1 aliphatic rings. The summed E-state index contributed by atoms with van der Waals surface area (Å²) in [6, 6.07) is 0.582. The Bertz CT molecular complexity index is 99.0. The van der Waals surface area contributed by atoms with Crippen LogP contribution >= 0.6 is 0 Å². The second-order valence-corrected chi connectivity index (χ2v) is 2.97. The summed E-state index contributed by atoms with van der Waals surface area (Å²) in [5.74, 6) is 0. The fourth-order valence-corrected chi connectivity index (χ4v) is 1.20. The van der Waals surface area contributed by atoms with Crippen molar-refractivity contribution in [3.63, 3.8) is 0 Å². The van der Waals surface area contributed by atoms with Crippen molar-refractivity contribution in [2.24, 2.45) is 5.73 Å². The minimum atomic E-state index is -0.440. The summed E-state index contributed by atoms with van der Waals surface area (Å²) in [7, 11) is 1.93. The standard InChI is InChI=1S/C7H16N2O/c1-9(7(10)5-8)6-3-2-4-6/h6-7,10H,2-5,8H2,1H3. The number of aliphatic hydroxyl groups excluding tert-OH is 1. The van der Waals surface area contributed by atoms with E-state index in [9.17, 15) is 5.11 Å². The van der Waals surface area contributed by atoms with E-state index in [4.69, 9.17) is 5.73 Å². The van der Waals surface area contributed by atoms with Crippen molar-refractivity contribution in [2.75, 3.05) is 13.6 Å². The molecule has 0 aromatic rings. The lowest BCUT2D eigenvalue weighted by atomic mass is 9.92. The van der Waals surface area contributed by atoms with Gasteiger partial charge in [0.15, 0.2) is 0 Å². The normalized spacial score (nSPS) is 22.8. The van der Waals surface area contributed by atoms with Crippen LogP contribution in [0.5, 0.6) is 0 Å². The average molecular weight is 144 g/mol. The van der Waals surface area contributed by atoms with Gasteiger partial charge in [0.1, 0.15) is 6.23 Å². The predicted molar refractivity (Wildman–Crippen MR) is 40.5 cm³/mol. The fraction of sp³-hybridized carbons (Fsp3) is 1.00. The van der Waals surface area contributed by atoms with Crippen LogP contribution in [0.3, 0.4) is 0 Å². The van der Waals surface area contributed by atoms with Crippen LogP contribution in [0.2, 0.25) is 0 Å². The second kappa shape index (κ2) is 3.32. The molecular weight excluding hydrogens is 128 g/mol.